The number of carbonyl (C=O) groups is 1. The number of benzene rings is 2. The molecule has 4 rings (SSSR count). The van der Waals surface area contributed by atoms with Gasteiger partial charge in [-0.25, -0.2) is 4.79 Å². The van der Waals surface area contributed by atoms with Crippen molar-refractivity contribution in [2.75, 3.05) is 18.4 Å². The van der Waals surface area contributed by atoms with E-state index in [-0.39, 0.29) is 18.1 Å². The Hall–Kier alpha value is -2.82. The molecule has 0 saturated carbocycles. The molecule has 2 aliphatic heterocycles. The lowest BCUT2D eigenvalue weighted by molar-refractivity contribution is 0.0780. The van der Waals surface area contributed by atoms with Crippen molar-refractivity contribution in [3.8, 4) is 0 Å². The van der Waals surface area contributed by atoms with Crippen molar-refractivity contribution in [3.63, 3.8) is 0 Å². The summed E-state index contributed by atoms with van der Waals surface area (Å²) >= 11 is 0. The van der Waals surface area contributed by atoms with Crippen LogP contribution in [0.4, 0.5) is 10.5 Å². The lowest BCUT2D eigenvalue weighted by Crippen LogP contribution is -2.34. The van der Waals surface area contributed by atoms with Gasteiger partial charge in [0.25, 0.3) is 0 Å². The number of rotatable bonds is 2. The van der Waals surface area contributed by atoms with Gasteiger partial charge in [-0.2, -0.15) is 0 Å². The zero-order chi connectivity index (χ0) is 18.3. The maximum Gasteiger partial charge on any atom is 0.322 e. The molecule has 1 saturated heterocycles. The molecule has 2 atom stereocenters. The van der Waals surface area contributed by atoms with Crippen LogP contribution >= 0.6 is 0 Å². The zero-order valence-corrected chi connectivity index (χ0v) is 15.3. The Balaban J connectivity index is 1.50. The summed E-state index contributed by atoms with van der Waals surface area (Å²) in [6, 6.07) is 14.1. The van der Waals surface area contributed by atoms with Crippen LogP contribution in [0.15, 0.2) is 47.6 Å². The van der Waals surface area contributed by atoms with Gasteiger partial charge in [-0.15, -0.1) is 0 Å². The second-order valence-corrected chi connectivity index (χ2v) is 7.14. The van der Waals surface area contributed by atoms with Gasteiger partial charge in [0.15, 0.2) is 6.10 Å². The summed E-state index contributed by atoms with van der Waals surface area (Å²) < 4.78 is 0. The number of para-hydroxylation sites is 1. The normalized spacial score (nSPS) is 21.2. The largest absolute Gasteiger partial charge is 0.390 e. The number of nitrogens with one attached hydrogen (secondary N) is 1. The molecule has 2 amide bonds. The highest BCUT2D eigenvalue weighted by atomic mass is 16.6. The first-order chi connectivity index (χ1) is 12.5. The average molecular weight is 349 g/mol. The Bertz CT molecular complexity index is 870. The first-order valence-corrected chi connectivity index (χ1v) is 8.96. The van der Waals surface area contributed by atoms with Crippen molar-refractivity contribution in [1.82, 2.24) is 4.90 Å². The van der Waals surface area contributed by atoms with E-state index in [0.29, 0.717) is 13.1 Å². The van der Waals surface area contributed by atoms with E-state index in [9.17, 15) is 4.79 Å². The molecular weight excluding hydrogens is 326 g/mol. The van der Waals surface area contributed by atoms with E-state index >= 15 is 0 Å². The van der Waals surface area contributed by atoms with E-state index in [1.54, 1.807) is 0 Å². The first kappa shape index (κ1) is 16.6. The zero-order valence-electron chi connectivity index (χ0n) is 15.3. The minimum Gasteiger partial charge on any atom is -0.390 e. The van der Waals surface area contributed by atoms with Crippen LogP contribution in [0.1, 0.15) is 22.3 Å². The summed E-state index contributed by atoms with van der Waals surface area (Å²) in [5.41, 5.74) is 6.26. The fraction of sp³-hybridized carbons (Fsp3) is 0.333. The number of aryl methyl sites for hydroxylation is 3. The number of nitrogens with zero attached hydrogens (tertiary/aromatic N) is 2. The molecule has 2 aromatic rings. The number of hydrogen-bond acceptors (Lipinski definition) is 3. The molecule has 2 aromatic carbocycles. The molecular formula is C21H23N3O2. The molecule has 2 unspecified atom stereocenters. The first-order valence-electron chi connectivity index (χ1n) is 8.96. The molecule has 0 spiro atoms. The molecule has 5 heteroatoms. The molecule has 0 aliphatic carbocycles. The molecule has 0 aromatic heterocycles. The maximum absolute atomic E-state index is 12.8. The highest BCUT2D eigenvalue weighted by Crippen LogP contribution is 2.31. The Morgan fingerprint density at radius 2 is 1.73 bits per heavy atom. The Kier molecular flexibility index (Phi) is 4.15. The Labute approximate surface area is 153 Å². The van der Waals surface area contributed by atoms with Crippen LogP contribution in [0.2, 0.25) is 0 Å². The van der Waals surface area contributed by atoms with Crippen LogP contribution in [0.3, 0.4) is 0 Å². The molecule has 0 radical (unpaired) electrons. The molecule has 5 nitrogen and oxygen atoms in total. The lowest BCUT2D eigenvalue weighted by Gasteiger charge is -2.19. The summed E-state index contributed by atoms with van der Waals surface area (Å²) in [6.07, 6.45) is -0.0617. The number of amides is 2. The Morgan fingerprint density at radius 3 is 2.46 bits per heavy atom. The number of likely N-dealkylation sites (tertiary alicyclic amines) is 1. The monoisotopic (exact) mass is 349 g/mol. The van der Waals surface area contributed by atoms with Gasteiger partial charge in [0.1, 0.15) is 0 Å². The second-order valence-electron chi connectivity index (χ2n) is 7.14. The molecule has 134 valence electrons. The molecule has 26 heavy (non-hydrogen) atoms. The predicted octanol–water partition coefficient (Wildman–Crippen LogP) is 3.88. The summed E-state index contributed by atoms with van der Waals surface area (Å²) in [5.74, 6) is 0.125. The molecule has 1 fully saturated rings. The summed E-state index contributed by atoms with van der Waals surface area (Å²) in [6.45, 7) is 7.27. The summed E-state index contributed by atoms with van der Waals surface area (Å²) in [4.78, 5) is 20.3. The smallest absolute Gasteiger partial charge is 0.322 e. The van der Waals surface area contributed by atoms with Gasteiger partial charge >= 0.3 is 6.03 Å². The van der Waals surface area contributed by atoms with Crippen LogP contribution in [0, 0.1) is 26.7 Å². The van der Waals surface area contributed by atoms with Gasteiger partial charge in [-0.05, 0) is 37.5 Å². The highest BCUT2D eigenvalue weighted by molar-refractivity contribution is 6.05. The van der Waals surface area contributed by atoms with Gasteiger partial charge in [-0.3, -0.25) is 0 Å². The lowest BCUT2D eigenvalue weighted by atomic mass is 9.92. The SMILES string of the molecule is Cc1ccccc1C1=NOC2CN(C(=O)Nc3c(C)cccc3C)CC12. The minimum absolute atomic E-state index is 0.0617. The van der Waals surface area contributed by atoms with Crippen molar-refractivity contribution < 1.29 is 9.63 Å². The van der Waals surface area contributed by atoms with E-state index in [4.69, 9.17) is 4.84 Å². The van der Waals surface area contributed by atoms with Gasteiger partial charge in [0.2, 0.25) is 0 Å². The van der Waals surface area contributed by atoms with Crippen molar-refractivity contribution >= 4 is 17.4 Å². The molecule has 2 heterocycles. The van der Waals surface area contributed by atoms with E-state index in [1.165, 1.54) is 5.56 Å². The highest BCUT2D eigenvalue weighted by Gasteiger charge is 2.44. The van der Waals surface area contributed by atoms with Gasteiger partial charge in [-0.1, -0.05) is 47.6 Å². The fourth-order valence-electron chi connectivity index (χ4n) is 3.81. The van der Waals surface area contributed by atoms with Crippen molar-refractivity contribution in [2.45, 2.75) is 26.9 Å². The standard InChI is InChI=1S/C21H23N3O2/c1-13-7-4-5-10-16(13)20-17-11-24(12-18(17)26-23-20)21(25)22-19-14(2)8-6-9-15(19)3/h4-10,17-18H,11-12H2,1-3H3,(H,22,25). The van der Waals surface area contributed by atoms with E-state index in [0.717, 1.165) is 28.1 Å². The number of anilines is 1. The molecule has 1 N–H and O–H groups in total. The minimum atomic E-state index is -0.0791. The maximum atomic E-state index is 12.8. The van der Waals surface area contributed by atoms with Gasteiger partial charge in [0.05, 0.1) is 18.2 Å². The molecule has 2 aliphatic rings. The number of fused-ring (bicyclic) bond motifs is 1. The van der Waals surface area contributed by atoms with E-state index in [2.05, 4.69) is 29.5 Å². The molecule has 0 bridgehead atoms. The average Bonchev–Trinajstić information content (AvgIpc) is 3.19. The third kappa shape index (κ3) is 2.83. The second kappa shape index (κ2) is 6.48. The van der Waals surface area contributed by atoms with E-state index < -0.39 is 0 Å². The predicted molar refractivity (Wildman–Crippen MR) is 103 cm³/mol. The third-order valence-corrected chi connectivity index (χ3v) is 5.33. The summed E-state index contributed by atoms with van der Waals surface area (Å²) in [7, 11) is 0. The number of urea groups is 1. The quantitative estimate of drug-likeness (QED) is 0.894. The van der Waals surface area contributed by atoms with Crippen LogP contribution in [-0.2, 0) is 4.84 Å². The van der Waals surface area contributed by atoms with Crippen LogP contribution in [0.25, 0.3) is 0 Å². The third-order valence-electron chi connectivity index (χ3n) is 5.33. The fourth-order valence-corrected chi connectivity index (χ4v) is 3.81. The van der Waals surface area contributed by atoms with Crippen molar-refractivity contribution in [2.24, 2.45) is 11.1 Å². The van der Waals surface area contributed by atoms with Gasteiger partial charge in [0, 0.05) is 17.8 Å². The number of hydrogen-bond donors (Lipinski definition) is 1. The van der Waals surface area contributed by atoms with E-state index in [1.807, 2.05) is 49.1 Å². The van der Waals surface area contributed by atoms with Crippen LogP contribution in [-0.4, -0.2) is 35.8 Å². The van der Waals surface area contributed by atoms with Gasteiger partial charge < -0.3 is 15.1 Å². The Morgan fingerprint density at radius 1 is 1.04 bits per heavy atom. The number of carbonyl (C=O) groups excluding carboxylic acids is 1. The van der Waals surface area contributed by atoms with Crippen molar-refractivity contribution in [3.05, 3.63) is 64.7 Å². The van der Waals surface area contributed by atoms with Crippen molar-refractivity contribution in [1.29, 1.82) is 0 Å². The van der Waals surface area contributed by atoms with Crippen LogP contribution < -0.4 is 5.32 Å². The summed E-state index contributed by atoms with van der Waals surface area (Å²) in [5, 5.41) is 7.38. The topological polar surface area (TPSA) is 53.9 Å². The number of oxime groups is 1. The van der Waals surface area contributed by atoms with Crippen LogP contribution in [0.5, 0.6) is 0 Å².